The summed E-state index contributed by atoms with van der Waals surface area (Å²) in [4.78, 5) is 4.83. The van der Waals surface area contributed by atoms with E-state index < -0.39 is 10.0 Å². The van der Waals surface area contributed by atoms with E-state index in [1.54, 1.807) is 18.2 Å². The van der Waals surface area contributed by atoms with Gasteiger partial charge in [0.1, 0.15) is 0 Å². The second kappa shape index (κ2) is 10.3. The van der Waals surface area contributed by atoms with Gasteiger partial charge in [0, 0.05) is 31.3 Å². The molecule has 1 heterocycles. The highest BCUT2D eigenvalue weighted by Gasteiger charge is 2.11. The Morgan fingerprint density at radius 2 is 1.90 bits per heavy atom. The minimum Gasteiger partial charge on any atom is -0.357 e. The number of hydrogen-bond donors (Lipinski definition) is 3. The average Bonchev–Trinajstić information content (AvgIpc) is 3.18. The van der Waals surface area contributed by atoms with Crippen molar-refractivity contribution in [1.82, 2.24) is 19.9 Å². The maximum atomic E-state index is 12.0. The number of rotatable bonds is 9. The lowest BCUT2D eigenvalue weighted by atomic mass is 10.2. The number of hydrogen-bond acceptors (Lipinski definition) is 3. The van der Waals surface area contributed by atoms with Crippen LogP contribution in [0.2, 0.25) is 0 Å². The minimum atomic E-state index is -3.46. The van der Waals surface area contributed by atoms with Crippen molar-refractivity contribution in [3.63, 3.8) is 0 Å². The third kappa shape index (κ3) is 5.61. The number of para-hydroxylation sites is 1. The highest BCUT2D eigenvalue weighted by Crippen LogP contribution is 2.15. The van der Waals surface area contributed by atoms with Crippen molar-refractivity contribution in [2.75, 3.05) is 20.1 Å². The quantitative estimate of drug-likeness (QED) is 0.278. The molecule has 0 aliphatic carbocycles. The predicted molar refractivity (Wildman–Crippen MR) is 122 cm³/mol. The van der Waals surface area contributed by atoms with Gasteiger partial charge in [-0.15, -0.1) is 0 Å². The molecule has 0 aliphatic rings. The van der Waals surface area contributed by atoms with Crippen LogP contribution in [-0.2, 0) is 23.1 Å². The SMILES string of the molecule is CCNC(=NCc1cccc(S(=O)(=O)NC)c1)NCCCn1ccc2ccccc21. The van der Waals surface area contributed by atoms with Gasteiger partial charge in [-0.25, -0.2) is 18.1 Å². The van der Waals surface area contributed by atoms with Gasteiger partial charge in [-0.05, 0) is 55.6 Å². The Kier molecular flexibility index (Phi) is 7.48. The number of aliphatic imine (C=N–C) groups is 1. The molecule has 3 N–H and O–H groups in total. The molecule has 0 bridgehead atoms. The van der Waals surface area contributed by atoms with Gasteiger partial charge in [-0.3, -0.25) is 0 Å². The lowest BCUT2D eigenvalue weighted by Gasteiger charge is -2.12. The summed E-state index contributed by atoms with van der Waals surface area (Å²) in [7, 11) is -2.05. The summed E-state index contributed by atoms with van der Waals surface area (Å²) >= 11 is 0. The Hall–Kier alpha value is -2.84. The summed E-state index contributed by atoms with van der Waals surface area (Å²) < 4.78 is 28.5. The maximum Gasteiger partial charge on any atom is 0.240 e. The predicted octanol–water partition coefficient (Wildman–Crippen LogP) is 2.69. The number of aromatic nitrogens is 1. The number of benzene rings is 2. The molecule has 0 saturated carbocycles. The Labute approximate surface area is 178 Å². The van der Waals surface area contributed by atoms with Crippen LogP contribution in [0.25, 0.3) is 10.9 Å². The summed E-state index contributed by atoms with van der Waals surface area (Å²) in [5.74, 6) is 0.719. The van der Waals surface area contributed by atoms with E-state index in [4.69, 9.17) is 0 Å². The molecule has 0 atom stereocenters. The van der Waals surface area contributed by atoms with Gasteiger partial charge in [0.2, 0.25) is 10.0 Å². The maximum absolute atomic E-state index is 12.0. The summed E-state index contributed by atoms with van der Waals surface area (Å²) in [6.07, 6.45) is 3.08. The number of aryl methyl sites for hydroxylation is 1. The Morgan fingerprint density at radius 1 is 1.07 bits per heavy atom. The molecule has 0 saturated heterocycles. The highest BCUT2D eigenvalue weighted by molar-refractivity contribution is 7.89. The van der Waals surface area contributed by atoms with E-state index in [0.29, 0.717) is 6.54 Å². The third-order valence-corrected chi connectivity index (χ3v) is 6.20. The van der Waals surface area contributed by atoms with E-state index >= 15 is 0 Å². The first kappa shape index (κ1) is 21.9. The summed E-state index contributed by atoms with van der Waals surface area (Å²) in [5, 5.41) is 7.84. The highest BCUT2D eigenvalue weighted by atomic mass is 32.2. The van der Waals surface area contributed by atoms with Crippen molar-refractivity contribution < 1.29 is 8.42 Å². The second-order valence-corrected chi connectivity index (χ2v) is 8.78. The van der Waals surface area contributed by atoms with Gasteiger partial charge < -0.3 is 15.2 Å². The first-order chi connectivity index (χ1) is 14.5. The number of sulfonamides is 1. The zero-order valence-electron chi connectivity index (χ0n) is 17.4. The van der Waals surface area contributed by atoms with Crippen molar-refractivity contribution in [2.24, 2.45) is 4.99 Å². The van der Waals surface area contributed by atoms with Crippen LogP contribution in [-0.4, -0.2) is 39.1 Å². The smallest absolute Gasteiger partial charge is 0.240 e. The molecule has 160 valence electrons. The lowest BCUT2D eigenvalue weighted by Crippen LogP contribution is -2.38. The van der Waals surface area contributed by atoms with Crippen LogP contribution in [0.15, 0.2) is 70.7 Å². The molecular weight excluding hydrogens is 398 g/mol. The Morgan fingerprint density at radius 3 is 2.70 bits per heavy atom. The monoisotopic (exact) mass is 427 g/mol. The molecule has 0 fully saturated rings. The summed E-state index contributed by atoms with van der Waals surface area (Å²) in [5.41, 5.74) is 2.08. The number of nitrogens with one attached hydrogen (secondary N) is 3. The van der Waals surface area contributed by atoms with Crippen molar-refractivity contribution in [2.45, 2.75) is 31.3 Å². The van der Waals surface area contributed by atoms with Gasteiger partial charge in [0.05, 0.1) is 11.4 Å². The number of nitrogens with zero attached hydrogens (tertiary/aromatic N) is 2. The fourth-order valence-electron chi connectivity index (χ4n) is 3.23. The van der Waals surface area contributed by atoms with E-state index in [1.807, 2.05) is 13.0 Å². The van der Waals surface area contributed by atoms with E-state index in [2.05, 4.69) is 61.4 Å². The topological polar surface area (TPSA) is 87.5 Å². The van der Waals surface area contributed by atoms with E-state index in [1.165, 1.54) is 18.0 Å². The molecule has 0 unspecified atom stereocenters. The molecule has 7 nitrogen and oxygen atoms in total. The van der Waals surface area contributed by atoms with Crippen LogP contribution in [0, 0.1) is 0 Å². The summed E-state index contributed by atoms with van der Waals surface area (Å²) in [6, 6.07) is 17.3. The van der Waals surface area contributed by atoms with Crippen LogP contribution in [0.1, 0.15) is 18.9 Å². The fraction of sp³-hybridized carbons (Fsp3) is 0.318. The Balaban J connectivity index is 1.56. The van der Waals surface area contributed by atoms with E-state index in [9.17, 15) is 8.42 Å². The van der Waals surface area contributed by atoms with Crippen molar-refractivity contribution in [3.05, 3.63) is 66.4 Å². The lowest BCUT2D eigenvalue weighted by molar-refractivity contribution is 0.588. The molecule has 3 aromatic rings. The molecule has 0 amide bonds. The van der Waals surface area contributed by atoms with Crippen LogP contribution >= 0.6 is 0 Å². The number of fused-ring (bicyclic) bond motifs is 1. The molecule has 0 radical (unpaired) electrons. The standard InChI is InChI=1S/C22H29N5O2S/c1-3-24-22(26-17-18-8-6-10-20(16-18)30(28,29)23-2)25-13-7-14-27-15-12-19-9-4-5-11-21(19)27/h4-6,8-12,15-16,23H,3,7,13-14,17H2,1-2H3,(H2,24,25,26). The number of guanidine groups is 1. The molecule has 1 aromatic heterocycles. The van der Waals surface area contributed by atoms with Crippen molar-refractivity contribution in [1.29, 1.82) is 0 Å². The average molecular weight is 428 g/mol. The molecule has 30 heavy (non-hydrogen) atoms. The molecular formula is C22H29N5O2S. The van der Waals surface area contributed by atoms with Crippen molar-refractivity contribution >= 4 is 26.9 Å². The first-order valence-corrected chi connectivity index (χ1v) is 11.6. The zero-order valence-corrected chi connectivity index (χ0v) is 18.2. The zero-order chi connectivity index (χ0) is 21.4. The largest absolute Gasteiger partial charge is 0.357 e. The van der Waals surface area contributed by atoms with Crippen LogP contribution in [0.3, 0.4) is 0 Å². The van der Waals surface area contributed by atoms with Crippen LogP contribution in [0.4, 0.5) is 0 Å². The van der Waals surface area contributed by atoms with E-state index in [0.717, 1.165) is 37.6 Å². The normalized spacial score (nSPS) is 12.3. The minimum absolute atomic E-state index is 0.245. The molecule has 2 aromatic carbocycles. The van der Waals surface area contributed by atoms with Crippen LogP contribution in [0.5, 0.6) is 0 Å². The van der Waals surface area contributed by atoms with E-state index in [-0.39, 0.29) is 4.90 Å². The molecule has 0 spiro atoms. The van der Waals surface area contributed by atoms with Gasteiger partial charge in [-0.1, -0.05) is 30.3 Å². The Bertz CT molecular complexity index is 1110. The second-order valence-electron chi connectivity index (χ2n) is 6.90. The van der Waals surface area contributed by atoms with Crippen molar-refractivity contribution in [3.8, 4) is 0 Å². The van der Waals surface area contributed by atoms with Crippen LogP contribution < -0.4 is 15.4 Å². The molecule has 3 rings (SSSR count). The fourth-order valence-corrected chi connectivity index (χ4v) is 4.03. The van der Waals surface area contributed by atoms with Gasteiger partial charge >= 0.3 is 0 Å². The first-order valence-electron chi connectivity index (χ1n) is 10.1. The molecule has 0 aliphatic heterocycles. The van der Waals surface area contributed by atoms with Gasteiger partial charge in [0.25, 0.3) is 0 Å². The van der Waals surface area contributed by atoms with Gasteiger partial charge in [0.15, 0.2) is 5.96 Å². The molecule has 8 heteroatoms. The van der Waals surface area contributed by atoms with Gasteiger partial charge in [-0.2, -0.15) is 0 Å². The third-order valence-electron chi connectivity index (χ3n) is 4.79. The summed E-state index contributed by atoms with van der Waals surface area (Å²) in [6.45, 7) is 4.87.